The molecule has 2 N–H and O–H groups in total. The van der Waals surface area contributed by atoms with Crippen molar-refractivity contribution in [3.05, 3.63) is 35.4 Å². The van der Waals surface area contributed by atoms with Gasteiger partial charge in [0, 0.05) is 0 Å². The first-order valence-corrected chi connectivity index (χ1v) is 9.51. The number of hydrogen-bond donors (Lipinski definition) is 2. The van der Waals surface area contributed by atoms with Gasteiger partial charge in [-0.05, 0) is 60.5 Å². The van der Waals surface area contributed by atoms with Crippen LogP contribution in [0.5, 0.6) is 0 Å². The fourth-order valence-corrected chi connectivity index (χ4v) is 3.41. The van der Waals surface area contributed by atoms with Crippen molar-refractivity contribution in [2.75, 3.05) is 0 Å². The van der Waals surface area contributed by atoms with Gasteiger partial charge in [-0.1, -0.05) is 52.0 Å². The van der Waals surface area contributed by atoms with Crippen LogP contribution in [-0.4, -0.2) is 22.2 Å². The maximum atomic E-state index is 10.9. The summed E-state index contributed by atoms with van der Waals surface area (Å²) in [6, 6.07) is 8.62. The Bertz CT molecular complexity index is 532. The monoisotopic (exact) mass is 362 g/mol. The second-order valence-electron chi connectivity index (χ2n) is 8.99. The number of carboxylic acids is 2. The quantitative estimate of drug-likeness (QED) is 0.527. The number of benzene rings is 1. The SMILES string of the molecule is CC(C)(CCCc1ccc(CCCC(C)(C)CC(=O)O)cc1)CC(=O)O. The number of aryl methyl sites for hydroxylation is 2. The molecule has 26 heavy (non-hydrogen) atoms. The first kappa shape index (κ1) is 22.2. The summed E-state index contributed by atoms with van der Waals surface area (Å²) in [5, 5.41) is 17.9. The Balaban J connectivity index is 2.37. The molecule has 0 aliphatic carbocycles. The average molecular weight is 363 g/mol. The molecule has 0 fully saturated rings. The zero-order chi connectivity index (χ0) is 19.8. The number of carboxylic acid groups (broad SMARTS) is 2. The highest BCUT2D eigenvalue weighted by Crippen LogP contribution is 2.28. The highest BCUT2D eigenvalue weighted by Gasteiger charge is 2.22. The first-order valence-electron chi connectivity index (χ1n) is 9.51. The van der Waals surface area contributed by atoms with Gasteiger partial charge in [0.1, 0.15) is 0 Å². The Kier molecular flexibility index (Phi) is 8.32. The molecule has 0 aliphatic heterocycles. The van der Waals surface area contributed by atoms with Crippen molar-refractivity contribution in [3.63, 3.8) is 0 Å². The van der Waals surface area contributed by atoms with E-state index in [9.17, 15) is 9.59 Å². The summed E-state index contributed by atoms with van der Waals surface area (Å²) in [6.07, 6.45) is 6.14. The molecule has 0 heterocycles. The predicted molar refractivity (Wildman–Crippen MR) is 104 cm³/mol. The molecule has 0 aromatic heterocycles. The van der Waals surface area contributed by atoms with Crippen LogP contribution in [0.4, 0.5) is 0 Å². The number of rotatable bonds is 12. The van der Waals surface area contributed by atoms with Crippen LogP contribution in [0, 0.1) is 10.8 Å². The predicted octanol–water partition coefficient (Wildman–Crippen LogP) is 5.33. The highest BCUT2D eigenvalue weighted by atomic mass is 16.4. The van der Waals surface area contributed by atoms with Crippen LogP contribution in [0.25, 0.3) is 0 Å². The number of carbonyl (C=O) groups is 2. The van der Waals surface area contributed by atoms with Crippen LogP contribution in [0.15, 0.2) is 24.3 Å². The van der Waals surface area contributed by atoms with Crippen molar-refractivity contribution in [2.24, 2.45) is 10.8 Å². The lowest BCUT2D eigenvalue weighted by atomic mass is 9.83. The van der Waals surface area contributed by atoms with E-state index in [0.717, 1.165) is 38.5 Å². The first-order chi connectivity index (χ1) is 12.0. The Morgan fingerprint density at radius 3 is 1.31 bits per heavy atom. The molecule has 0 unspecified atom stereocenters. The molecule has 0 radical (unpaired) electrons. The summed E-state index contributed by atoms with van der Waals surface area (Å²) >= 11 is 0. The smallest absolute Gasteiger partial charge is 0.303 e. The van der Waals surface area contributed by atoms with E-state index < -0.39 is 11.9 Å². The van der Waals surface area contributed by atoms with Gasteiger partial charge in [0.15, 0.2) is 0 Å². The molecular formula is C22H34O4. The summed E-state index contributed by atoms with van der Waals surface area (Å²) in [5.41, 5.74) is 2.25. The molecule has 0 amide bonds. The van der Waals surface area contributed by atoms with Crippen LogP contribution < -0.4 is 0 Å². The zero-order valence-corrected chi connectivity index (χ0v) is 16.7. The second-order valence-corrected chi connectivity index (χ2v) is 8.99. The van der Waals surface area contributed by atoms with Crippen molar-refractivity contribution < 1.29 is 19.8 Å². The topological polar surface area (TPSA) is 74.6 Å². The van der Waals surface area contributed by atoms with Crippen molar-refractivity contribution in [1.82, 2.24) is 0 Å². The Morgan fingerprint density at radius 2 is 1.04 bits per heavy atom. The third-order valence-electron chi connectivity index (χ3n) is 4.92. The normalized spacial score (nSPS) is 12.2. The Hall–Kier alpha value is -1.84. The van der Waals surface area contributed by atoms with Gasteiger partial charge in [-0.3, -0.25) is 9.59 Å². The van der Waals surface area contributed by atoms with Gasteiger partial charge < -0.3 is 10.2 Å². The summed E-state index contributed by atoms with van der Waals surface area (Å²) in [7, 11) is 0. The molecule has 4 nitrogen and oxygen atoms in total. The Labute approximate surface area is 157 Å². The van der Waals surface area contributed by atoms with Crippen molar-refractivity contribution >= 4 is 11.9 Å². The van der Waals surface area contributed by atoms with E-state index in [1.54, 1.807) is 0 Å². The molecule has 0 spiro atoms. The molecule has 0 bridgehead atoms. The molecule has 4 heteroatoms. The summed E-state index contributed by atoms with van der Waals surface area (Å²) < 4.78 is 0. The fraction of sp³-hybridized carbons (Fsp3) is 0.636. The van der Waals surface area contributed by atoms with E-state index in [1.807, 2.05) is 27.7 Å². The van der Waals surface area contributed by atoms with Crippen LogP contribution in [0.3, 0.4) is 0 Å². The lowest BCUT2D eigenvalue weighted by molar-refractivity contribution is -0.140. The van der Waals surface area contributed by atoms with Crippen molar-refractivity contribution in [2.45, 2.75) is 79.1 Å². The summed E-state index contributed by atoms with van der Waals surface area (Å²) in [5.74, 6) is -1.46. The van der Waals surface area contributed by atoms with Gasteiger partial charge in [0.2, 0.25) is 0 Å². The van der Waals surface area contributed by atoms with Crippen LogP contribution in [0.2, 0.25) is 0 Å². The van der Waals surface area contributed by atoms with Gasteiger partial charge >= 0.3 is 11.9 Å². The second kappa shape index (κ2) is 9.75. The number of hydrogen-bond acceptors (Lipinski definition) is 2. The molecule has 0 saturated carbocycles. The van der Waals surface area contributed by atoms with Gasteiger partial charge in [-0.2, -0.15) is 0 Å². The summed E-state index contributed by atoms with van der Waals surface area (Å²) in [6.45, 7) is 8.04. The van der Waals surface area contributed by atoms with Gasteiger partial charge in [0.05, 0.1) is 12.8 Å². The minimum absolute atomic E-state index is 0.158. The van der Waals surface area contributed by atoms with E-state index in [-0.39, 0.29) is 23.7 Å². The van der Waals surface area contributed by atoms with E-state index in [4.69, 9.17) is 10.2 Å². The van der Waals surface area contributed by atoms with E-state index in [0.29, 0.717) is 0 Å². The molecule has 146 valence electrons. The molecule has 0 aliphatic rings. The molecule has 1 aromatic rings. The van der Waals surface area contributed by atoms with Crippen LogP contribution in [0.1, 0.15) is 77.3 Å². The van der Waals surface area contributed by atoms with Gasteiger partial charge in [0.25, 0.3) is 0 Å². The van der Waals surface area contributed by atoms with E-state index >= 15 is 0 Å². The molecule has 0 atom stereocenters. The lowest BCUT2D eigenvalue weighted by Crippen LogP contribution is -2.17. The average Bonchev–Trinajstić information content (AvgIpc) is 2.45. The third kappa shape index (κ3) is 9.59. The van der Waals surface area contributed by atoms with Crippen LogP contribution >= 0.6 is 0 Å². The van der Waals surface area contributed by atoms with E-state index in [2.05, 4.69) is 24.3 Å². The van der Waals surface area contributed by atoms with Gasteiger partial charge in [-0.15, -0.1) is 0 Å². The Morgan fingerprint density at radius 1 is 0.731 bits per heavy atom. The molecular weight excluding hydrogens is 328 g/mol. The maximum Gasteiger partial charge on any atom is 0.303 e. The lowest BCUT2D eigenvalue weighted by Gasteiger charge is -2.22. The maximum absolute atomic E-state index is 10.9. The number of aliphatic carboxylic acids is 2. The molecule has 0 saturated heterocycles. The third-order valence-corrected chi connectivity index (χ3v) is 4.92. The minimum Gasteiger partial charge on any atom is -0.481 e. The zero-order valence-electron chi connectivity index (χ0n) is 16.7. The standard InChI is InChI=1S/C22H34O4/c1-21(2,15-19(23)24)13-5-7-17-9-11-18(12-10-17)8-6-14-22(3,4)16-20(25)26/h9-12H,5-8,13-16H2,1-4H3,(H,23,24)(H,25,26). The minimum atomic E-state index is -0.731. The molecule has 1 rings (SSSR count). The van der Waals surface area contributed by atoms with Crippen molar-refractivity contribution in [3.8, 4) is 0 Å². The largest absolute Gasteiger partial charge is 0.481 e. The van der Waals surface area contributed by atoms with E-state index in [1.165, 1.54) is 11.1 Å². The van der Waals surface area contributed by atoms with Crippen molar-refractivity contribution in [1.29, 1.82) is 0 Å². The summed E-state index contributed by atoms with van der Waals surface area (Å²) in [4.78, 5) is 21.7. The highest BCUT2D eigenvalue weighted by molar-refractivity contribution is 5.67. The van der Waals surface area contributed by atoms with Gasteiger partial charge in [-0.25, -0.2) is 0 Å². The fourth-order valence-electron chi connectivity index (χ4n) is 3.41. The van der Waals surface area contributed by atoms with Crippen LogP contribution in [-0.2, 0) is 22.4 Å². The molecule has 1 aromatic carbocycles.